The number of nitrogens with one attached hydrogen (secondary N) is 2. The highest BCUT2D eigenvalue weighted by Gasteiger charge is 2.08. The van der Waals surface area contributed by atoms with E-state index in [0.717, 1.165) is 17.8 Å². The number of hydrogen-bond acceptors (Lipinski definition) is 3. The second-order valence-electron chi connectivity index (χ2n) is 1.98. The molecule has 9 heavy (non-hydrogen) atoms. The molecule has 0 unspecified atom stereocenters. The summed E-state index contributed by atoms with van der Waals surface area (Å²) in [6.45, 7) is 1.35. The summed E-state index contributed by atoms with van der Waals surface area (Å²) >= 11 is 0. The average Bonchev–Trinajstić information content (AvgIpc) is 2.33. The van der Waals surface area contributed by atoms with Crippen LogP contribution in [0.3, 0.4) is 0 Å². The van der Waals surface area contributed by atoms with Gasteiger partial charge in [0.05, 0.1) is 25.0 Å². The lowest BCUT2D eigenvalue weighted by Gasteiger charge is -2.10. The van der Waals surface area contributed by atoms with E-state index in [9.17, 15) is 0 Å². The smallest absolute Gasteiger partial charge is 0.0966 e. The third kappa shape index (κ3) is 0.721. The standard InChI is InChI=1S/C5H7N3O/c1-4-3-9-7-2-5(4)8-6-1/h1,7H,2-3H2,(H,6,8). The van der Waals surface area contributed by atoms with Crippen LogP contribution in [0.5, 0.6) is 0 Å². The van der Waals surface area contributed by atoms with Crippen molar-refractivity contribution in [1.29, 1.82) is 0 Å². The fourth-order valence-corrected chi connectivity index (χ4v) is 0.867. The van der Waals surface area contributed by atoms with Gasteiger partial charge in [0.15, 0.2) is 0 Å². The molecule has 0 aromatic carbocycles. The molecular weight excluding hydrogens is 118 g/mol. The first-order valence-electron chi connectivity index (χ1n) is 2.82. The average molecular weight is 125 g/mol. The van der Waals surface area contributed by atoms with Crippen molar-refractivity contribution >= 4 is 0 Å². The highest BCUT2D eigenvalue weighted by atomic mass is 16.6. The third-order valence-corrected chi connectivity index (χ3v) is 1.39. The van der Waals surface area contributed by atoms with Gasteiger partial charge in [-0.1, -0.05) is 0 Å². The van der Waals surface area contributed by atoms with E-state index < -0.39 is 0 Å². The lowest BCUT2D eigenvalue weighted by Crippen LogP contribution is -2.20. The number of hydroxylamine groups is 1. The molecule has 1 aromatic rings. The normalized spacial score (nSPS) is 17.3. The summed E-state index contributed by atoms with van der Waals surface area (Å²) in [6, 6.07) is 0. The zero-order valence-electron chi connectivity index (χ0n) is 4.85. The van der Waals surface area contributed by atoms with Crippen molar-refractivity contribution in [3.05, 3.63) is 17.5 Å². The Bertz CT molecular complexity index is 187. The van der Waals surface area contributed by atoms with E-state index in [1.807, 2.05) is 0 Å². The van der Waals surface area contributed by atoms with Crippen molar-refractivity contribution in [2.24, 2.45) is 0 Å². The highest BCUT2D eigenvalue weighted by molar-refractivity contribution is 5.15. The molecule has 2 rings (SSSR count). The second-order valence-corrected chi connectivity index (χ2v) is 1.98. The number of aromatic amines is 1. The molecule has 1 aliphatic rings. The van der Waals surface area contributed by atoms with E-state index in [2.05, 4.69) is 15.7 Å². The van der Waals surface area contributed by atoms with Crippen LogP contribution in [-0.2, 0) is 18.0 Å². The van der Waals surface area contributed by atoms with Crippen molar-refractivity contribution < 1.29 is 4.84 Å². The predicted octanol–water partition coefficient (Wildman–Crippen LogP) is -0.0555. The minimum Gasteiger partial charge on any atom is -0.297 e. The molecule has 0 amide bonds. The molecule has 0 saturated carbocycles. The summed E-state index contributed by atoms with van der Waals surface area (Å²) in [6.07, 6.45) is 1.79. The number of H-pyrrole nitrogens is 1. The van der Waals surface area contributed by atoms with Crippen LogP contribution in [0.2, 0.25) is 0 Å². The van der Waals surface area contributed by atoms with Gasteiger partial charge in [0, 0.05) is 5.56 Å². The molecule has 1 aliphatic heterocycles. The molecule has 4 nitrogen and oxygen atoms in total. The van der Waals surface area contributed by atoms with Crippen molar-refractivity contribution in [2.45, 2.75) is 13.2 Å². The summed E-state index contributed by atoms with van der Waals surface area (Å²) in [5, 5.41) is 6.72. The Labute approximate surface area is 52.2 Å². The highest BCUT2D eigenvalue weighted by Crippen LogP contribution is 2.08. The van der Waals surface area contributed by atoms with Gasteiger partial charge in [-0.2, -0.15) is 10.6 Å². The zero-order valence-corrected chi connectivity index (χ0v) is 4.85. The predicted molar refractivity (Wildman–Crippen MR) is 30.2 cm³/mol. The Kier molecular flexibility index (Phi) is 1.00. The van der Waals surface area contributed by atoms with Crippen LogP contribution in [0.15, 0.2) is 6.20 Å². The fourth-order valence-electron chi connectivity index (χ4n) is 0.867. The Morgan fingerprint density at radius 3 is 3.56 bits per heavy atom. The van der Waals surface area contributed by atoms with Gasteiger partial charge < -0.3 is 0 Å². The Morgan fingerprint density at radius 1 is 1.67 bits per heavy atom. The van der Waals surface area contributed by atoms with Gasteiger partial charge in [0.1, 0.15) is 0 Å². The van der Waals surface area contributed by atoms with Crippen LogP contribution < -0.4 is 5.48 Å². The summed E-state index contributed by atoms with van der Waals surface area (Å²) in [5.74, 6) is 0. The Hall–Kier alpha value is -0.870. The van der Waals surface area contributed by atoms with Gasteiger partial charge in [0.2, 0.25) is 0 Å². The molecule has 0 aliphatic carbocycles. The van der Waals surface area contributed by atoms with Crippen LogP contribution in [0.1, 0.15) is 11.3 Å². The fraction of sp³-hybridized carbons (Fsp3) is 0.400. The quantitative estimate of drug-likeness (QED) is 0.511. The van der Waals surface area contributed by atoms with E-state index >= 15 is 0 Å². The van der Waals surface area contributed by atoms with E-state index in [1.165, 1.54) is 0 Å². The van der Waals surface area contributed by atoms with Gasteiger partial charge in [-0.25, -0.2) is 0 Å². The minimum absolute atomic E-state index is 0.617. The maximum Gasteiger partial charge on any atom is 0.0966 e. The van der Waals surface area contributed by atoms with Gasteiger partial charge in [-0.05, 0) is 0 Å². The van der Waals surface area contributed by atoms with Crippen molar-refractivity contribution in [3.8, 4) is 0 Å². The zero-order chi connectivity index (χ0) is 6.10. The number of fused-ring (bicyclic) bond motifs is 1. The number of aromatic nitrogens is 2. The Morgan fingerprint density at radius 2 is 2.67 bits per heavy atom. The first-order valence-corrected chi connectivity index (χ1v) is 2.82. The minimum atomic E-state index is 0.617. The molecular formula is C5H7N3O. The van der Waals surface area contributed by atoms with E-state index in [1.54, 1.807) is 6.20 Å². The molecule has 0 spiro atoms. The lowest BCUT2D eigenvalue weighted by atomic mass is 10.2. The molecule has 2 N–H and O–H groups in total. The lowest BCUT2D eigenvalue weighted by molar-refractivity contribution is 0.0102. The Balaban J connectivity index is 2.39. The van der Waals surface area contributed by atoms with Gasteiger partial charge in [-0.3, -0.25) is 9.94 Å². The largest absolute Gasteiger partial charge is 0.297 e. The summed E-state index contributed by atoms with van der Waals surface area (Å²) in [4.78, 5) is 4.94. The van der Waals surface area contributed by atoms with Crippen molar-refractivity contribution in [1.82, 2.24) is 15.7 Å². The molecule has 2 heterocycles. The summed E-state index contributed by atoms with van der Waals surface area (Å²) in [7, 11) is 0. The number of nitrogens with zero attached hydrogens (tertiary/aromatic N) is 1. The number of hydrogen-bond donors (Lipinski definition) is 2. The van der Waals surface area contributed by atoms with Crippen LogP contribution in [0.4, 0.5) is 0 Å². The third-order valence-electron chi connectivity index (χ3n) is 1.39. The molecule has 4 heteroatoms. The van der Waals surface area contributed by atoms with Crippen LogP contribution in [-0.4, -0.2) is 10.2 Å². The maximum absolute atomic E-state index is 4.94. The van der Waals surface area contributed by atoms with E-state index in [0.29, 0.717) is 6.61 Å². The molecule has 1 aromatic heterocycles. The second kappa shape index (κ2) is 1.82. The molecule has 0 fully saturated rings. The van der Waals surface area contributed by atoms with Crippen LogP contribution >= 0.6 is 0 Å². The molecule has 0 bridgehead atoms. The number of rotatable bonds is 0. The molecule has 0 atom stereocenters. The first kappa shape index (κ1) is 4.96. The monoisotopic (exact) mass is 125 g/mol. The molecule has 0 radical (unpaired) electrons. The first-order chi connectivity index (χ1) is 4.47. The molecule has 48 valence electrons. The van der Waals surface area contributed by atoms with E-state index in [4.69, 9.17) is 4.84 Å². The van der Waals surface area contributed by atoms with Gasteiger partial charge in [0.25, 0.3) is 0 Å². The van der Waals surface area contributed by atoms with Crippen molar-refractivity contribution in [2.75, 3.05) is 0 Å². The summed E-state index contributed by atoms with van der Waals surface area (Å²) in [5.41, 5.74) is 5.03. The van der Waals surface area contributed by atoms with Gasteiger partial charge >= 0.3 is 0 Å². The van der Waals surface area contributed by atoms with Crippen LogP contribution in [0, 0.1) is 0 Å². The topological polar surface area (TPSA) is 49.9 Å². The van der Waals surface area contributed by atoms with Gasteiger partial charge in [-0.15, -0.1) is 0 Å². The van der Waals surface area contributed by atoms with E-state index in [-0.39, 0.29) is 0 Å². The summed E-state index contributed by atoms with van der Waals surface area (Å²) < 4.78 is 0. The van der Waals surface area contributed by atoms with Crippen molar-refractivity contribution in [3.63, 3.8) is 0 Å². The van der Waals surface area contributed by atoms with Crippen LogP contribution in [0.25, 0.3) is 0 Å². The maximum atomic E-state index is 4.94. The SMILES string of the molecule is c1n[nH]c2c1CONC2. The molecule has 0 saturated heterocycles.